The third-order valence-corrected chi connectivity index (χ3v) is 30.2. The molecule has 1 aliphatic carbocycles. The van der Waals surface area contributed by atoms with Gasteiger partial charge in [-0.1, -0.05) is 223 Å². The third-order valence-electron chi connectivity index (χ3n) is 23.8. The maximum absolute atomic E-state index is 14.6. The molecule has 4 unspecified atom stereocenters. The van der Waals surface area contributed by atoms with Gasteiger partial charge in [0.2, 0.25) is 5.91 Å². The molecule has 38 heteroatoms. The maximum Gasteiger partial charge on any atom is 0.417 e. The summed E-state index contributed by atoms with van der Waals surface area (Å²) in [5.74, 6) is -6.75. The van der Waals surface area contributed by atoms with Crippen LogP contribution in [0.2, 0.25) is 5.02 Å². The lowest BCUT2D eigenvalue weighted by Gasteiger charge is -2.28. The lowest BCUT2D eigenvalue weighted by Crippen LogP contribution is -2.33. The molecule has 6 aliphatic rings. The van der Waals surface area contributed by atoms with E-state index in [4.69, 9.17) is 40.4 Å². The summed E-state index contributed by atoms with van der Waals surface area (Å²) in [4.78, 5) is 66.3. The number of methoxy groups -OCH3 is 5. The number of alkyl halides is 3. The van der Waals surface area contributed by atoms with Gasteiger partial charge in [-0.15, -0.1) is 0 Å². The summed E-state index contributed by atoms with van der Waals surface area (Å²) in [5, 5.41) is 28.8. The average molecular weight is 2160 g/mol. The van der Waals surface area contributed by atoms with Crippen LogP contribution in [-0.2, 0) is 11.0 Å². The summed E-state index contributed by atoms with van der Waals surface area (Å²) in [6, 6.07) is 82.2. The minimum Gasteiger partial charge on any atom is -0.496 e. The highest BCUT2D eigenvalue weighted by Gasteiger charge is 2.46. The number of rotatable bonds is 20. The molecule has 0 aromatic heterocycles. The van der Waals surface area contributed by atoms with Gasteiger partial charge >= 0.3 is 6.18 Å². The zero-order valence-corrected chi connectivity index (χ0v) is 84.9. The van der Waals surface area contributed by atoms with Crippen LogP contribution in [0, 0.1) is 65.2 Å². The Bertz CT molecular complexity index is 7470. The van der Waals surface area contributed by atoms with Crippen LogP contribution < -0.4 is 23.7 Å². The van der Waals surface area contributed by atoms with E-state index in [0.29, 0.717) is 83.4 Å². The molecule has 0 N–H and O–H groups in total. The van der Waals surface area contributed by atoms with Crippen LogP contribution in [0.25, 0.3) is 0 Å². The van der Waals surface area contributed by atoms with Crippen molar-refractivity contribution in [2.45, 2.75) is 72.1 Å². The van der Waals surface area contributed by atoms with E-state index in [1.54, 1.807) is 121 Å². The summed E-state index contributed by atoms with van der Waals surface area (Å²) in [6.45, 7) is 1.97. The molecule has 20 rings (SSSR count). The predicted octanol–water partition coefficient (Wildman–Crippen LogP) is 28.2. The van der Waals surface area contributed by atoms with E-state index in [2.05, 4.69) is 20.4 Å². The van der Waals surface area contributed by atoms with E-state index < -0.39 is 103 Å². The molecule has 0 saturated heterocycles. The first-order chi connectivity index (χ1) is 72.4. The van der Waals surface area contributed by atoms with Crippen molar-refractivity contribution in [3.63, 3.8) is 0 Å². The van der Waals surface area contributed by atoms with Gasteiger partial charge in [0.1, 0.15) is 139 Å². The molecule has 150 heavy (non-hydrogen) atoms. The van der Waals surface area contributed by atoms with Gasteiger partial charge in [0, 0.05) is 78.2 Å². The first-order valence-electron chi connectivity index (χ1n) is 46.1. The number of para-hydroxylation sites is 5. The number of benzene rings is 14. The molecule has 1 fully saturated rings. The highest BCUT2D eigenvalue weighted by Crippen LogP contribution is 2.53. The average Bonchev–Trinajstić information content (AvgIpc) is 1.58. The monoisotopic (exact) mass is 2150 g/mol. The second-order valence-electron chi connectivity index (χ2n) is 33.5. The Morgan fingerprint density at radius 3 is 0.940 bits per heavy atom. The van der Waals surface area contributed by atoms with Crippen LogP contribution in [0.1, 0.15) is 167 Å². The van der Waals surface area contributed by atoms with Crippen molar-refractivity contribution >= 4 is 125 Å². The molecule has 20 nitrogen and oxygen atoms in total. The molecule has 0 radical (unpaired) electrons. The number of halogens is 13. The van der Waals surface area contributed by atoms with Crippen molar-refractivity contribution in [1.29, 1.82) is 0 Å². The van der Waals surface area contributed by atoms with Gasteiger partial charge in [-0.25, -0.2) is 64.6 Å². The second-order valence-corrected chi connectivity index (χ2v) is 39.3. The number of aryl methyl sites for hydroxylation is 1. The van der Waals surface area contributed by atoms with Crippen molar-refractivity contribution < 1.29 is 100 Å². The van der Waals surface area contributed by atoms with Crippen molar-refractivity contribution in [3.05, 3.63) is 468 Å². The summed E-state index contributed by atoms with van der Waals surface area (Å²) < 4.78 is 192. The van der Waals surface area contributed by atoms with E-state index in [0.717, 1.165) is 138 Å². The van der Waals surface area contributed by atoms with E-state index in [-0.39, 0.29) is 44.9 Å². The zero-order chi connectivity index (χ0) is 106. The Hall–Kier alpha value is -15.0. The molecule has 5 heterocycles. The molecular weight excluding hydrogens is 2070 g/mol. The molecule has 0 bridgehead atoms. The number of hydrazone groups is 5. The normalized spacial score (nSPS) is 16.7. The molecule has 14 aromatic rings. The van der Waals surface area contributed by atoms with Crippen LogP contribution in [-0.4, -0.2) is 115 Å². The van der Waals surface area contributed by atoms with Gasteiger partial charge in [0.15, 0.2) is 0 Å². The number of thioether (sulfide) groups is 5. The smallest absolute Gasteiger partial charge is 0.417 e. The van der Waals surface area contributed by atoms with E-state index in [1.807, 2.05) is 104 Å². The lowest BCUT2D eigenvalue weighted by molar-refractivity contribution is -0.138. The fraction of sp³-hybridized carbons (Fsp3) is 0.161. The Labute approximate surface area is 880 Å². The fourth-order valence-electron chi connectivity index (χ4n) is 16.5. The highest BCUT2D eigenvalue weighted by atomic mass is 35.5. The second kappa shape index (κ2) is 49.0. The molecule has 5 atom stereocenters. The predicted molar refractivity (Wildman–Crippen MR) is 560 cm³/mol. The van der Waals surface area contributed by atoms with Crippen molar-refractivity contribution in [2.75, 3.05) is 35.5 Å². The quantitative estimate of drug-likeness (QED) is 0.0650. The highest BCUT2D eigenvalue weighted by molar-refractivity contribution is 8.16. The standard InChI is InChI=1S/C23H19ClN2O2S.C23H15F5N2O2S.2C22H15F3N2O2S.C22H23FN2O2S/c1-15-6-5-7-17(14-15)22(27)26-23(19-8-3-4-9-20(19)28-2)29-21(25-26)16-10-12-18(24)13-11-16;1-32-18-8-3-2-5-15(18)22-30(29-20(33-22)13-9-11-14(24)12-10-13)21(31)19-16(23(26,27)28)6-4-7-17(19)25;1-29-18-8-3-2-5-15(18)22-27(21(28)19-16(24)6-4-7-17(19)25)26-20(30-22)13-9-11-14(23)12-10-13;1-29-19-5-3-2-4-17(19)22-27(21(28)16-11-10-15(24)12-18(16)25)26-20(30-22)13-6-8-14(23)9-7-13;1-27-19-10-6-5-9-18(19)22-25(21(26)16-7-3-2-4-8-16)24-20(28-22)15-11-13-17(23)14-12-15/h3-14,23H,1-2H3;2-12,22H,1H3;2*2-12,22H,1H3;5-6,9-14,16,22H,2-4,7-8H2,1H3/t23-;;;;/m1..../s1. The number of nitrogens with zero attached hydrogens (tertiary/aromatic N) is 10. The first kappa shape index (κ1) is 108. The minimum atomic E-state index is -4.95. The largest absolute Gasteiger partial charge is 0.496 e. The van der Waals surface area contributed by atoms with Crippen LogP contribution in [0.4, 0.5) is 52.7 Å². The summed E-state index contributed by atoms with van der Waals surface area (Å²) in [6.07, 6.45) is 0.249. The Kier molecular flexibility index (Phi) is 35.2. The van der Waals surface area contributed by atoms with Gasteiger partial charge in [-0.2, -0.15) is 38.7 Å². The summed E-state index contributed by atoms with van der Waals surface area (Å²) in [5.41, 5.74) is 4.98. The summed E-state index contributed by atoms with van der Waals surface area (Å²) in [7, 11) is 7.67. The topological polar surface area (TPSA) is 209 Å². The SMILES string of the molecule is COc1ccccc1C1SC(c2ccc(F)cc2)=NN1C(=O)C1CCCCC1.COc1ccccc1C1SC(c2ccc(F)cc2)=NN1C(=O)c1c(F)cccc1C(F)(F)F.COc1ccccc1C1SC(c2ccc(F)cc2)=NN1C(=O)c1c(F)cccc1F.COc1ccccc1C1SC(c2ccc(F)cc2)=NN1C(=O)c1ccc(F)cc1F.COc1ccccc1[C@H]1SC(c2ccc(Cl)cc2)=NN1C(=O)c1cccc(C)c1. The number of amides is 5. The van der Waals surface area contributed by atoms with Crippen LogP contribution in [0.3, 0.4) is 0 Å². The lowest BCUT2D eigenvalue weighted by atomic mass is 9.88. The number of carbonyl (C=O) groups excluding carboxylic acids is 5. The molecule has 5 amide bonds. The first-order valence-corrected chi connectivity index (χ1v) is 50.9. The van der Waals surface area contributed by atoms with Crippen molar-refractivity contribution in [3.8, 4) is 28.7 Å². The Morgan fingerprint density at radius 2 is 0.600 bits per heavy atom. The zero-order valence-electron chi connectivity index (χ0n) is 80.1. The van der Waals surface area contributed by atoms with Crippen molar-refractivity contribution in [1.82, 2.24) is 25.0 Å². The third kappa shape index (κ3) is 24.9. The number of carbonyl (C=O) groups is 5. The summed E-state index contributed by atoms with van der Waals surface area (Å²) >= 11 is 12.6. The van der Waals surface area contributed by atoms with Gasteiger partial charge < -0.3 is 23.7 Å². The molecular formula is C112H87ClF12N10O10S5. The molecule has 14 aromatic carbocycles. The molecule has 1 saturated carbocycles. The van der Waals surface area contributed by atoms with E-state index in [1.165, 1.54) is 154 Å². The Balaban J connectivity index is 0.000000134. The minimum absolute atomic E-state index is 0.0166. The Morgan fingerprint density at radius 1 is 0.307 bits per heavy atom. The number of hydrogen-bond acceptors (Lipinski definition) is 20. The van der Waals surface area contributed by atoms with Crippen molar-refractivity contribution in [2.24, 2.45) is 31.4 Å². The molecule has 0 spiro atoms. The van der Waals surface area contributed by atoms with E-state index in [9.17, 15) is 76.7 Å². The van der Waals surface area contributed by atoms with Gasteiger partial charge in [-0.05, 0) is 208 Å². The maximum atomic E-state index is 14.6. The number of ether oxygens (including phenoxy) is 5. The van der Waals surface area contributed by atoms with Gasteiger partial charge in [0.05, 0.1) is 52.2 Å². The van der Waals surface area contributed by atoms with Gasteiger partial charge in [-0.3, -0.25) is 24.0 Å². The van der Waals surface area contributed by atoms with E-state index >= 15 is 0 Å². The van der Waals surface area contributed by atoms with Gasteiger partial charge in [0.25, 0.3) is 23.6 Å². The number of hydrogen-bond donors (Lipinski definition) is 0. The molecule has 5 aliphatic heterocycles. The fourth-order valence-corrected chi connectivity index (χ4v) is 22.5. The van der Waals surface area contributed by atoms with Crippen LogP contribution in [0.15, 0.2) is 347 Å². The van der Waals surface area contributed by atoms with Crippen LogP contribution >= 0.6 is 70.4 Å². The molecule has 766 valence electrons. The van der Waals surface area contributed by atoms with Crippen LogP contribution in [0.5, 0.6) is 28.7 Å².